The van der Waals surface area contributed by atoms with Crippen molar-refractivity contribution in [1.82, 2.24) is 0 Å². The van der Waals surface area contributed by atoms with Crippen LogP contribution < -0.4 is 5.30 Å². The van der Waals surface area contributed by atoms with Gasteiger partial charge in [0.1, 0.15) is 0 Å². The van der Waals surface area contributed by atoms with Gasteiger partial charge in [0.25, 0.3) is 0 Å². The largest absolute Gasteiger partial charge is 0.344 e. The van der Waals surface area contributed by atoms with Crippen molar-refractivity contribution in [3.8, 4) is 0 Å². The van der Waals surface area contributed by atoms with Gasteiger partial charge in [-0.15, -0.1) is 0 Å². The van der Waals surface area contributed by atoms with E-state index in [1.807, 2.05) is 13.8 Å². The fraction of sp³-hybridized carbons (Fsp3) is 0.600. The molecule has 3 heteroatoms. The Bertz CT molecular complexity index is 411. The molecular weight excluding hydrogens is 243 g/mol. The fourth-order valence-corrected chi connectivity index (χ4v) is 6.61. The summed E-state index contributed by atoms with van der Waals surface area (Å²) in [6.45, 7) is 8.69. The van der Waals surface area contributed by atoms with Crippen molar-refractivity contribution in [2.24, 2.45) is 0 Å². The lowest BCUT2D eigenvalue weighted by Gasteiger charge is -2.27. The Hall–Kier alpha value is -0.430. The van der Waals surface area contributed by atoms with Gasteiger partial charge in [-0.3, -0.25) is 0 Å². The number of hydrogen-bond donors (Lipinski definition) is 0. The molecule has 0 radical (unpaired) electrons. The Morgan fingerprint density at radius 3 is 1.94 bits per heavy atom. The first-order valence-corrected chi connectivity index (χ1v) is 8.17. The van der Waals surface area contributed by atoms with Gasteiger partial charge in [0, 0.05) is 11.3 Å². The number of rotatable bonds is 1. The SMILES string of the molecule is C[C@@H]1[C@H]2OC(C)(C)O[C@@H]2[C@@H](C)P1c1ccccc1. The van der Waals surface area contributed by atoms with Crippen LogP contribution in [0.3, 0.4) is 0 Å². The highest BCUT2D eigenvalue weighted by atomic mass is 31.1. The average Bonchev–Trinajstić information content (AvgIpc) is 2.76. The van der Waals surface area contributed by atoms with Crippen LogP contribution in [0.4, 0.5) is 0 Å². The first-order chi connectivity index (χ1) is 8.49. The van der Waals surface area contributed by atoms with Crippen molar-refractivity contribution >= 4 is 13.2 Å². The third-order valence-electron chi connectivity index (χ3n) is 4.05. The zero-order valence-electron chi connectivity index (χ0n) is 11.5. The summed E-state index contributed by atoms with van der Waals surface area (Å²) >= 11 is 0. The van der Waals surface area contributed by atoms with Gasteiger partial charge in [-0.25, -0.2) is 0 Å². The highest BCUT2D eigenvalue weighted by Gasteiger charge is 2.55. The second-order valence-corrected chi connectivity index (χ2v) is 8.75. The topological polar surface area (TPSA) is 18.5 Å². The predicted molar refractivity (Wildman–Crippen MR) is 75.7 cm³/mol. The molecule has 0 spiro atoms. The van der Waals surface area contributed by atoms with E-state index >= 15 is 0 Å². The first-order valence-electron chi connectivity index (χ1n) is 6.69. The summed E-state index contributed by atoms with van der Waals surface area (Å²) in [5.41, 5.74) is 1.15. The van der Waals surface area contributed by atoms with E-state index in [-0.39, 0.29) is 20.1 Å². The molecule has 2 aliphatic heterocycles. The molecule has 98 valence electrons. The number of ether oxygens (including phenoxy) is 2. The molecule has 0 unspecified atom stereocenters. The highest BCUT2D eigenvalue weighted by molar-refractivity contribution is 7.67. The van der Waals surface area contributed by atoms with Gasteiger partial charge in [0.2, 0.25) is 0 Å². The summed E-state index contributed by atoms with van der Waals surface area (Å²) < 4.78 is 12.2. The predicted octanol–water partition coefficient (Wildman–Crippen LogP) is 3.10. The summed E-state index contributed by atoms with van der Waals surface area (Å²) in [5.74, 6) is -0.407. The molecule has 0 aromatic heterocycles. The van der Waals surface area contributed by atoms with Crippen LogP contribution in [0.5, 0.6) is 0 Å². The van der Waals surface area contributed by atoms with Crippen molar-refractivity contribution in [3.05, 3.63) is 30.3 Å². The maximum absolute atomic E-state index is 6.10. The molecule has 2 fully saturated rings. The van der Waals surface area contributed by atoms with Gasteiger partial charge in [-0.2, -0.15) is 0 Å². The van der Waals surface area contributed by atoms with Crippen LogP contribution in [0, 0.1) is 0 Å². The average molecular weight is 264 g/mol. The van der Waals surface area contributed by atoms with E-state index in [4.69, 9.17) is 9.47 Å². The molecule has 0 aliphatic carbocycles. The Morgan fingerprint density at radius 2 is 1.44 bits per heavy atom. The normalized spacial score (nSPS) is 38.9. The van der Waals surface area contributed by atoms with E-state index in [0.29, 0.717) is 11.3 Å². The summed E-state index contributed by atoms with van der Waals surface area (Å²) in [4.78, 5) is 0. The zero-order valence-corrected chi connectivity index (χ0v) is 12.4. The van der Waals surface area contributed by atoms with Crippen molar-refractivity contribution in [2.75, 3.05) is 0 Å². The third kappa shape index (κ3) is 1.91. The van der Waals surface area contributed by atoms with Crippen molar-refractivity contribution < 1.29 is 9.47 Å². The summed E-state index contributed by atoms with van der Waals surface area (Å²) in [5, 5.41) is 1.48. The highest BCUT2D eigenvalue weighted by Crippen LogP contribution is 2.59. The molecule has 3 rings (SSSR count). The fourth-order valence-electron chi connectivity index (χ4n) is 3.32. The van der Waals surface area contributed by atoms with E-state index in [2.05, 4.69) is 44.2 Å². The Morgan fingerprint density at radius 1 is 0.944 bits per heavy atom. The number of benzene rings is 1. The van der Waals surface area contributed by atoms with E-state index in [9.17, 15) is 0 Å². The Labute approximate surface area is 110 Å². The molecule has 18 heavy (non-hydrogen) atoms. The second kappa shape index (κ2) is 4.30. The zero-order chi connectivity index (χ0) is 12.9. The van der Waals surface area contributed by atoms with Gasteiger partial charge >= 0.3 is 0 Å². The molecule has 2 saturated heterocycles. The monoisotopic (exact) mass is 264 g/mol. The Kier molecular flexibility index (Phi) is 3.01. The minimum absolute atomic E-state index is 0.187. The summed E-state index contributed by atoms with van der Waals surface area (Å²) in [6.07, 6.45) is 0.530. The van der Waals surface area contributed by atoms with Crippen LogP contribution in [0.2, 0.25) is 0 Å². The van der Waals surface area contributed by atoms with Crippen LogP contribution >= 0.6 is 7.92 Å². The van der Waals surface area contributed by atoms with E-state index in [1.165, 1.54) is 5.30 Å². The lowest BCUT2D eigenvalue weighted by molar-refractivity contribution is -0.147. The van der Waals surface area contributed by atoms with Crippen molar-refractivity contribution in [2.45, 2.75) is 57.0 Å². The molecule has 0 N–H and O–H groups in total. The lowest BCUT2D eigenvalue weighted by Crippen LogP contribution is -2.27. The minimum Gasteiger partial charge on any atom is -0.344 e. The molecule has 2 nitrogen and oxygen atoms in total. The van der Waals surface area contributed by atoms with Gasteiger partial charge in [-0.05, 0) is 19.2 Å². The van der Waals surface area contributed by atoms with Crippen LogP contribution in [0.15, 0.2) is 30.3 Å². The van der Waals surface area contributed by atoms with Crippen molar-refractivity contribution in [3.63, 3.8) is 0 Å². The molecule has 0 amide bonds. The maximum atomic E-state index is 6.10. The second-order valence-electron chi connectivity index (χ2n) is 5.79. The number of hydrogen-bond acceptors (Lipinski definition) is 2. The molecule has 1 aromatic carbocycles. The van der Waals surface area contributed by atoms with Gasteiger partial charge in [-0.1, -0.05) is 52.1 Å². The van der Waals surface area contributed by atoms with E-state index in [0.717, 1.165) is 0 Å². The first kappa shape index (κ1) is 12.6. The summed E-state index contributed by atoms with van der Waals surface area (Å²) in [6, 6.07) is 10.9. The van der Waals surface area contributed by atoms with Crippen molar-refractivity contribution in [1.29, 1.82) is 0 Å². The van der Waals surface area contributed by atoms with Crippen LogP contribution in [-0.2, 0) is 9.47 Å². The molecule has 0 saturated carbocycles. The smallest absolute Gasteiger partial charge is 0.163 e. The number of fused-ring (bicyclic) bond motifs is 1. The molecule has 2 heterocycles. The molecule has 2 aliphatic rings. The van der Waals surface area contributed by atoms with Gasteiger partial charge < -0.3 is 9.47 Å². The van der Waals surface area contributed by atoms with Crippen LogP contribution in [0.1, 0.15) is 27.7 Å². The Balaban J connectivity index is 1.89. The maximum Gasteiger partial charge on any atom is 0.163 e. The molecule has 1 aromatic rings. The van der Waals surface area contributed by atoms with Crippen LogP contribution in [-0.4, -0.2) is 29.3 Å². The quantitative estimate of drug-likeness (QED) is 0.726. The summed E-state index contributed by atoms with van der Waals surface area (Å²) in [7, 11) is -0.187. The molecule has 0 bridgehead atoms. The van der Waals surface area contributed by atoms with Gasteiger partial charge in [0.05, 0.1) is 12.2 Å². The lowest BCUT2D eigenvalue weighted by atomic mass is 10.1. The third-order valence-corrected chi connectivity index (χ3v) is 7.28. The van der Waals surface area contributed by atoms with Crippen LogP contribution in [0.25, 0.3) is 0 Å². The van der Waals surface area contributed by atoms with E-state index in [1.54, 1.807) is 0 Å². The van der Waals surface area contributed by atoms with Gasteiger partial charge in [0.15, 0.2) is 5.79 Å². The molecule has 4 atom stereocenters. The van der Waals surface area contributed by atoms with E-state index < -0.39 is 5.79 Å². The molecular formula is C15H21O2P. The minimum atomic E-state index is -0.407. The standard InChI is InChI=1S/C15H21O2P/c1-10-13-14(17-15(3,4)16-13)11(2)18(10)12-8-6-5-7-9-12/h5-11,13-14H,1-4H3/t10-,11-,13-,14-/m1/s1.